The van der Waals surface area contributed by atoms with E-state index in [2.05, 4.69) is 10.3 Å². The number of phenolic OH excluding ortho intramolecular Hbond substituents is 1. The van der Waals surface area contributed by atoms with Crippen molar-refractivity contribution in [2.24, 2.45) is 12.2 Å². The highest BCUT2D eigenvalue weighted by Gasteiger charge is 2.22. The predicted molar refractivity (Wildman–Crippen MR) is 95.1 cm³/mol. The molecule has 0 saturated heterocycles. The molecule has 1 heterocycles. The van der Waals surface area contributed by atoms with Crippen molar-refractivity contribution in [3.05, 3.63) is 58.2 Å². The van der Waals surface area contributed by atoms with E-state index >= 15 is 0 Å². The second-order valence-corrected chi connectivity index (χ2v) is 5.93. The minimum absolute atomic E-state index is 0.157. The van der Waals surface area contributed by atoms with Crippen LogP contribution in [-0.4, -0.2) is 26.3 Å². The van der Waals surface area contributed by atoms with Gasteiger partial charge in [0.15, 0.2) is 0 Å². The SMILES string of the molecule is Cn1nc(-c2ccc(O)cc2)c(-c2c(Cl)cccc2Cl)c1/C=N\O. The van der Waals surface area contributed by atoms with Gasteiger partial charge in [-0.05, 0) is 36.4 Å². The average Bonchev–Trinajstić information content (AvgIpc) is 2.86. The summed E-state index contributed by atoms with van der Waals surface area (Å²) in [6.07, 6.45) is 1.28. The maximum absolute atomic E-state index is 9.50. The number of aryl methyl sites for hydroxylation is 1. The van der Waals surface area contributed by atoms with Gasteiger partial charge in [0.2, 0.25) is 0 Å². The van der Waals surface area contributed by atoms with Crippen molar-refractivity contribution in [2.75, 3.05) is 0 Å². The average molecular weight is 362 g/mol. The summed E-state index contributed by atoms with van der Waals surface area (Å²) in [5, 5.41) is 27.0. The number of nitrogens with zero attached hydrogens (tertiary/aromatic N) is 3. The molecule has 7 heteroatoms. The summed E-state index contributed by atoms with van der Waals surface area (Å²) in [4.78, 5) is 0. The van der Waals surface area contributed by atoms with E-state index in [0.717, 1.165) is 5.56 Å². The fourth-order valence-corrected chi connectivity index (χ4v) is 3.13. The van der Waals surface area contributed by atoms with Gasteiger partial charge in [-0.15, -0.1) is 0 Å². The number of aromatic hydroxyl groups is 1. The van der Waals surface area contributed by atoms with Crippen LogP contribution in [0, 0.1) is 0 Å². The number of rotatable bonds is 3. The van der Waals surface area contributed by atoms with E-state index < -0.39 is 0 Å². The molecule has 0 fully saturated rings. The fourth-order valence-electron chi connectivity index (χ4n) is 2.54. The molecule has 0 spiro atoms. The van der Waals surface area contributed by atoms with Crippen LogP contribution in [0.25, 0.3) is 22.4 Å². The summed E-state index contributed by atoms with van der Waals surface area (Å²) in [5.74, 6) is 0.157. The first-order valence-corrected chi connectivity index (χ1v) is 7.76. The van der Waals surface area contributed by atoms with Gasteiger partial charge in [-0.1, -0.05) is 34.4 Å². The Balaban J connectivity index is 2.36. The van der Waals surface area contributed by atoms with E-state index in [0.29, 0.717) is 32.6 Å². The normalized spacial score (nSPS) is 11.3. The maximum Gasteiger partial charge on any atom is 0.115 e. The van der Waals surface area contributed by atoms with Gasteiger partial charge in [0.05, 0.1) is 22.0 Å². The Bertz CT molecular complexity index is 898. The zero-order chi connectivity index (χ0) is 17.3. The first kappa shape index (κ1) is 16.4. The van der Waals surface area contributed by atoms with Gasteiger partial charge in [-0.25, -0.2) is 0 Å². The van der Waals surface area contributed by atoms with Crippen LogP contribution in [-0.2, 0) is 7.05 Å². The van der Waals surface area contributed by atoms with Gasteiger partial charge in [0, 0.05) is 23.7 Å². The van der Waals surface area contributed by atoms with Gasteiger partial charge in [0.25, 0.3) is 0 Å². The van der Waals surface area contributed by atoms with E-state index in [1.54, 1.807) is 54.2 Å². The molecule has 0 atom stereocenters. The third kappa shape index (κ3) is 2.84. The van der Waals surface area contributed by atoms with Gasteiger partial charge in [-0.2, -0.15) is 5.10 Å². The molecule has 0 saturated carbocycles. The second kappa shape index (κ2) is 6.55. The monoisotopic (exact) mass is 361 g/mol. The second-order valence-electron chi connectivity index (χ2n) is 5.12. The molecule has 122 valence electrons. The molecule has 0 bridgehead atoms. The topological polar surface area (TPSA) is 70.6 Å². The molecule has 0 amide bonds. The van der Waals surface area contributed by atoms with E-state index in [1.807, 2.05) is 0 Å². The lowest BCUT2D eigenvalue weighted by Gasteiger charge is -2.09. The minimum atomic E-state index is 0.157. The molecule has 2 aromatic carbocycles. The van der Waals surface area contributed by atoms with Gasteiger partial charge < -0.3 is 10.3 Å². The fraction of sp³-hybridized carbons (Fsp3) is 0.0588. The number of aromatic nitrogens is 2. The molecular formula is C17H13Cl2N3O2. The Kier molecular flexibility index (Phi) is 4.46. The highest BCUT2D eigenvalue weighted by molar-refractivity contribution is 6.39. The molecule has 2 N–H and O–H groups in total. The third-order valence-electron chi connectivity index (χ3n) is 3.63. The Morgan fingerprint density at radius 2 is 1.67 bits per heavy atom. The van der Waals surface area contributed by atoms with Crippen LogP contribution in [0.4, 0.5) is 0 Å². The molecule has 0 aliphatic rings. The van der Waals surface area contributed by atoms with E-state index in [1.165, 1.54) is 6.21 Å². The standard InChI is InChI=1S/C17H13Cl2N3O2/c1-22-14(9-20-24)16(15-12(18)3-2-4-13(15)19)17(21-22)10-5-7-11(23)8-6-10/h2-9,23-24H,1H3/b20-9-. The number of halogens is 2. The Morgan fingerprint density at radius 3 is 2.25 bits per heavy atom. The first-order chi connectivity index (χ1) is 11.5. The molecule has 0 aliphatic heterocycles. The van der Waals surface area contributed by atoms with Crippen molar-refractivity contribution in [1.29, 1.82) is 0 Å². The van der Waals surface area contributed by atoms with Crippen molar-refractivity contribution in [2.45, 2.75) is 0 Å². The molecule has 0 radical (unpaired) electrons. The largest absolute Gasteiger partial charge is 0.508 e. The highest BCUT2D eigenvalue weighted by atomic mass is 35.5. The first-order valence-electron chi connectivity index (χ1n) is 7.01. The van der Waals surface area contributed by atoms with E-state index in [4.69, 9.17) is 28.4 Å². The zero-order valence-corrected chi connectivity index (χ0v) is 14.1. The summed E-state index contributed by atoms with van der Waals surface area (Å²) < 4.78 is 1.58. The molecule has 0 aliphatic carbocycles. The summed E-state index contributed by atoms with van der Waals surface area (Å²) in [7, 11) is 1.73. The summed E-state index contributed by atoms with van der Waals surface area (Å²) >= 11 is 12.7. The molecule has 1 aromatic heterocycles. The molecule has 5 nitrogen and oxygen atoms in total. The van der Waals surface area contributed by atoms with Crippen molar-refractivity contribution in [1.82, 2.24) is 9.78 Å². The molecule has 3 aromatic rings. The number of oxime groups is 1. The van der Waals surface area contributed by atoms with Gasteiger partial charge in [-0.3, -0.25) is 4.68 Å². The van der Waals surface area contributed by atoms with Crippen LogP contribution in [0.3, 0.4) is 0 Å². The maximum atomic E-state index is 9.50. The summed E-state index contributed by atoms with van der Waals surface area (Å²) in [6, 6.07) is 11.8. The van der Waals surface area contributed by atoms with Crippen molar-refractivity contribution >= 4 is 29.4 Å². The van der Waals surface area contributed by atoms with Crippen LogP contribution in [0.5, 0.6) is 5.75 Å². The van der Waals surface area contributed by atoms with E-state index in [9.17, 15) is 5.11 Å². The lowest BCUT2D eigenvalue weighted by atomic mass is 9.99. The van der Waals surface area contributed by atoms with Gasteiger partial charge >= 0.3 is 0 Å². The molecule has 24 heavy (non-hydrogen) atoms. The quantitative estimate of drug-likeness (QED) is 0.407. The lowest BCUT2D eigenvalue weighted by molar-refractivity contribution is 0.321. The van der Waals surface area contributed by atoms with Crippen molar-refractivity contribution < 1.29 is 10.3 Å². The van der Waals surface area contributed by atoms with Crippen LogP contribution in [0.15, 0.2) is 47.6 Å². The van der Waals surface area contributed by atoms with Crippen LogP contribution in [0.2, 0.25) is 10.0 Å². The third-order valence-corrected chi connectivity index (χ3v) is 4.26. The van der Waals surface area contributed by atoms with Crippen LogP contribution < -0.4 is 0 Å². The zero-order valence-electron chi connectivity index (χ0n) is 12.6. The number of hydrogen-bond donors (Lipinski definition) is 2. The molecule has 3 rings (SSSR count). The van der Waals surface area contributed by atoms with Crippen LogP contribution in [0.1, 0.15) is 5.69 Å². The summed E-state index contributed by atoms with van der Waals surface area (Å²) in [5.41, 5.74) is 3.19. The van der Waals surface area contributed by atoms with Gasteiger partial charge in [0.1, 0.15) is 11.4 Å². The van der Waals surface area contributed by atoms with E-state index in [-0.39, 0.29) is 5.75 Å². The van der Waals surface area contributed by atoms with Crippen LogP contribution >= 0.6 is 23.2 Å². The predicted octanol–water partition coefficient (Wildman–Crippen LogP) is 4.57. The number of phenols is 1. The lowest BCUT2D eigenvalue weighted by Crippen LogP contribution is -1.98. The Labute approximate surface area is 148 Å². The smallest absolute Gasteiger partial charge is 0.115 e. The Morgan fingerprint density at radius 1 is 1.04 bits per heavy atom. The number of hydrogen-bond acceptors (Lipinski definition) is 4. The summed E-state index contributed by atoms with van der Waals surface area (Å²) in [6.45, 7) is 0. The minimum Gasteiger partial charge on any atom is -0.508 e. The van der Waals surface area contributed by atoms with Crippen molar-refractivity contribution in [3.63, 3.8) is 0 Å². The Hall–Kier alpha value is -2.50. The number of benzene rings is 2. The molecule has 0 unspecified atom stereocenters. The van der Waals surface area contributed by atoms with Crippen molar-refractivity contribution in [3.8, 4) is 28.1 Å². The highest BCUT2D eigenvalue weighted by Crippen LogP contribution is 2.41. The molecular weight excluding hydrogens is 349 g/mol.